The van der Waals surface area contributed by atoms with Crippen molar-refractivity contribution in [2.24, 2.45) is 0 Å². The molecule has 0 spiro atoms. The van der Waals surface area contributed by atoms with Gasteiger partial charge in [0.05, 0.1) is 11.7 Å². The molecule has 0 saturated carbocycles. The molecule has 6 nitrogen and oxygen atoms in total. The molecular weight excluding hydrogens is 304 g/mol. The van der Waals surface area contributed by atoms with Gasteiger partial charge in [-0.3, -0.25) is 0 Å². The van der Waals surface area contributed by atoms with Crippen LogP contribution in [0, 0.1) is 0 Å². The molecule has 2 rings (SSSR count). The zero-order valence-electron chi connectivity index (χ0n) is 10.8. The third-order valence-electron chi connectivity index (χ3n) is 2.39. The number of nitrogens with one attached hydrogen (secondary N) is 1. The largest absolute Gasteiger partial charge is 0.473 e. The molecule has 0 bridgehead atoms. The minimum Gasteiger partial charge on any atom is -0.473 e. The number of aromatic nitrogens is 2. The Labute approximate surface area is 123 Å². The van der Waals surface area contributed by atoms with Crippen molar-refractivity contribution >= 4 is 17.4 Å². The Morgan fingerprint density at radius 1 is 1.29 bits per heavy atom. The van der Waals surface area contributed by atoms with Crippen molar-refractivity contribution in [3.05, 3.63) is 30.5 Å². The normalized spacial score (nSPS) is 12.2. The molecular formula is C12H13F2N3O3S. The molecule has 21 heavy (non-hydrogen) atoms. The van der Waals surface area contributed by atoms with Gasteiger partial charge in [-0.1, -0.05) is 0 Å². The van der Waals surface area contributed by atoms with E-state index >= 15 is 0 Å². The number of halogens is 2. The van der Waals surface area contributed by atoms with Crippen LogP contribution in [0.5, 0.6) is 11.6 Å². The molecule has 0 radical (unpaired) electrons. The molecule has 1 atom stereocenters. The number of aliphatic hydroxyl groups excluding tert-OH is 1. The second-order valence-corrected chi connectivity index (χ2v) is 4.55. The van der Waals surface area contributed by atoms with Gasteiger partial charge in [0, 0.05) is 12.2 Å². The molecule has 2 N–H and O–H groups in total. The minimum absolute atomic E-state index is 0.0744. The molecule has 0 fully saturated rings. The van der Waals surface area contributed by atoms with E-state index < -0.39 is 12.7 Å². The lowest BCUT2D eigenvalue weighted by molar-refractivity contribution is -0.0498. The van der Waals surface area contributed by atoms with Crippen LogP contribution in [0.25, 0.3) is 0 Å². The predicted molar refractivity (Wildman–Crippen MR) is 73.0 cm³/mol. The smallest absolute Gasteiger partial charge is 0.387 e. The topological polar surface area (TPSA) is 76.5 Å². The van der Waals surface area contributed by atoms with E-state index in [0.717, 1.165) is 11.7 Å². The number of rotatable bonds is 8. The summed E-state index contributed by atoms with van der Waals surface area (Å²) in [7, 11) is 0. The van der Waals surface area contributed by atoms with Crippen LogP contribution < -0.4 is 14.8 Å². The van der Waals surface area contributed by atoms with Gasteiger partial charge in [0.25, 0.3) is 0 Å². The molecule has 1 aromatic carbocycles. The first-order chi connectivity index (χ1) is 10.1. The van der Waals surface area contributed by atoms with Gasteiger partial charge in [-0.25, -0.2) is 0 Å². The highest BCUT2D eigenvalue weighted by Crippen LogP contribution is 2.17. The zero-order chi connectivity index (χ0) is 15.1. The van der Waals surface area contributed by atoms with E-state index in [0.29, 0.717) is 11.6 Å². The van der Waals surface area contributed by atoms with E-state index in [1.165, 1.54) is 18.3 Å². The van der Waals surface area contributed by atoms with Crippen LogP contribution in [-0.4, -0.2) is 39.7 Å². The lowest BCUT2D eigenvalue weighted by Crippen LogP contribution is -2.26. The Hall–Kier alpha value is -2.00. The van der Waals surface area contributed by atoms with Crippen LogP contribution in [-0.2, 0) is 0 Å². The Morgan fingerprint density at radius 2 is 2.05 bits per heavy atom. The van der Waals surface area contributed by atoms with Crippen molar-refractivity contribution in [1.82, 2.24) is 8.75 Å². The maximum absolute atomic E-state index is 12.0. The fraction of sp³-hybridized carbons (Fsp3) is 0.333. The lowest BCUT2D eigenvalue weighted by Gasteiger charge is -2.13. The molecule has 0 saturated heterocycles. The molecule has 1 heterocycles. The van der Waals surface area contributed by atoms with Crippen LogP contribution >= 0.6 is 11.7 Å². The summed E-state index contributed by atoms with van der Waals surface area (Å²) in [6, 6.07) is 5.99. The zero-order valence-corrected chi connectivity index (χ0v) is 11.6. The number of benzene rings is 1. The van der Waals surface area contributed by atoms with E-state index in [4.69, 9.17) is 4.74 Å². The second kappa shape index (κ2) is 7.70. The van der Waals surface area contributed by atoms with E-state index in [9.17, 15) is 13.9 Å². The maximum atomic E-state index is 12.0. The first-order valence-electron chi connectivity index (χ1n) is 6.00. The third kappa shape index (κ3) is 5.48. The Morgan fingerprint density at radius 3 is 2.67 bits per heavy atom. The average Bonchev–Trinajstić information content (AvgIpc) is 2.97. The summed E-state index contributed by atoms with van der Waals surface area (Å²) < 4.78 is 41.0. The van der Waals surface area contributed by atoms with Gasteiger partial charge in [-0.05, 0) is 24.3 Å². The summed E-state index contributed by atoms with van der Waals surface area (Å²) in [4.78, 5) is 0. The number of anilines is 1. The summed E-state index contributed by atoms with van der Waals surface area (Å²) >= 11 is 1.02. The molecule has 1 unspecified atom stereocenters. The van der Waals surface area contributed by atoms with Gasteiger partial charge in [-0.15, -0.1) is 4.37 Å². The van der Waals surface area contributed by atoms with Crippen molar-refractivity contribution in [2.45, 2.75) is 12.7 Å². The summed E-state index contributed by atoms with van der Waals surface area (Å²) in [6.07, 6.45) is 0.718. The number of alkyl halides is 2. The van der Waals surface area contributed by atoms with Crippen LogP contribution in [0.15, 0.2) is 30.5 Å². The molecule has 1 aromatic heterocycles. The van der Waals surface area contributed by atoms with Crippen LogP contribution in [0.1, 0.15) is 0 Å². The van der Waals surface area contributed by atoms with Crippen LogP contribution in [0.3, 0.4) is 0 Å². The van der Waals surface area contributed by atoms with Gasteiger partial charge in [0.1, 0.15) is 24.7 Å². The summed E-state index contributed by atoms with van der Waals surface area (Å²) in [6.45, 7) is -2.53. The monoisotopic (exact) mass is 317 g/mol. The second-order valence-electron chi connectivity index (χ2n) is 3.99. The highest BCUT2D eigenvalue weighted by molar-refractivity contribution is 6.99. The molecule has 2 aromatic rings. The van der Waals surface area contributed by atoms with E-state index in [1.54, 1.807) is 12.1 Å². The molecule has 0 amide bonds. The highest BCUT2D eigenvalue weighted by atomic mass is 32.1. The standard InChI is InChI=1S/C12H13F2N3O3S/c13-12(14)20-10-3-1-8(2-4-10)15-5-9(18)7-19-11-6-16-21-17-11/h1-4,6,9,12,15,18H,5,7H2. The SMILES string of the molecule is OC(CNc1ccc(OC(F)F)cc1)COc1cnsn1. The van der Waals surface area contributed by atoms with Gasteiger partial charge < -0.3 is 19.9 Å². The van der Waals surface area contributed by atoms with Crippen molar-refractivity contribution in [1.29, 1.82) is 0 Å². The molecule has 0 aliphatic rings. The fourth-order valence-electron chi connectivity index (χ4n) is 1.45. The van der Waals surface area contributed by atoms with Crippen molar-refractivity contribution in [3.63, 3.8) is 0 Å². The lowest BCUT2D eigenvalue weighted by atomic mass is 10.3. The summed E-state index contributed by atoms with van der Waals surface area (Å²) in [5, 5.41) is 12.7. The summed E-state index contributed by atoms with van der Waals surface area (Å²) in [5.41, 5.74) is 0.672. The van der Waals surface area contributed by atoms with Gasteiger partial charge in [0.2, 0.25) is 5.88 Å². The Bertz CT molecular complexity index is 525. The Kier molecular flexibility index (Phi) is 5.64. The fourth-order valence-corrected chi connectivity index (χ4v) is 1.81. The number of nitrogens with zero attached hydrogens (tertiary/aromatic N) is 2. The van der Waals surface area contributed by atoms with E-state index in [2.05, 4.69) is 18.8 Å². The molecule has 0 aliphatic heterocycles. The number of hydrogen-bond donors (Lipinski definition) is 2. The van der Waals surface area contributed by atoms with Crippen molar-refractivity contribution < 1.29 is 23.4 Å². The van der Waals surface area contributed by atoms with Crippen molar-refractivity contribution in [2.75, 3.05) is 18.5 Å². The number of ether oxygens (including phenoxy) is 2. The number of hydrogen-bond acceptors (Lipinski definition) is 7. The van der Waals surface area contributed by atoms with Gasteiger partial charge >= 0.3 is 6.61 Å². The van der Waals surface area contributed by atoms with Gasteiger partial charge in [-0.2, -0.15) is 13.2 Å². The minimum atomic E-state index is -2.84. The average molecular weight is 317 g/mol. The van der Waals surface area contributed by atoms with Crippen LogP contribution in [0.4, 0.5) is 14.5 Å². The maximum Gasteiger partial charge on any atom is 0.387 e. The third-order valence-corrected chi connectivity index (χ3v) is 2.85. The first kappa shape index (κ1) is 15.4. The highest BCUT2D eigenvalue weighted by Gasteiger charge is 2.07. The molecule has 9 heteroatoms. The van der Waals surface area contributed by atoms with Crippen LogP contribution in [0.2, 0.25) is 0 Å². The van der Waals surface area contributed by atoms with Crippen molar-refractivity contribution in [3.8, 4) is 11.6 Å². The molecule has 114 valence electrons. The first-order valence-corrected chi connectivity index (χ1v) is 6.73. The van der Waals surface area contributed by atoms with Gasteiger partial charge in [0.15, 0.2) is 0 Å². The quantitative estimate of drug-likeness (QED) is 0.775. The summed E-state index contributed by atoms with van der Waals surface area (Å²) in [5.74, 6) is 0.447. The number of aliphatic hydroxyl groups is 1. The van der Waals surface area contributed by atoms with E-state index in [1.807, 2.05) is 0 Å². The van der Waals surface area contributed by atoms with E-state index in [-0.39, 0.29) is 18.9 Å². The molecule has 0 aliphatic carbocycles. The Balaban J connectivity index is 1.71. The predicted octanol–water partition coefficient (Wildman–Crippen LogP) is 1.99.